The molecule has 0 N–H and O–H groups in total. The predicted molar refractivity (Wildman–Crippen MR) is 105 cm³/mol. The van der Waals surface area contributed by atoms with E-state index < -0.39 is 0 Å². The van der Waals surface area contributed by atoms with Crippen molar-refractivity contribution in [1.29, 1.82) is 0 Å². The number of hydrogen-bond donors (Lipinski definition) is 0. The van der Waals surface area contributed by atoms with E-state index in [-0.39, 0.29) is 11.9 Å². The molecule has 3 aliphatic heterocycles. The molecule has 2 aromatic heterocycles. The van der Waals surface area contributed by atoms with Crippen LogP contribution in [0.1, 0.15) is 55.8 Å². The van der Waals surface area contributed by atoms with E-state index in [1.54, 1.807) is 10.7 Å². The molecule has 0 spiro atoms. The van der Waals surface area contributed by atoms with Gasteiger partial charge in [0.1, 0.15) is 11.2 Å². The third-order valence-corrected chi connectivity index (χ3v) is 7.13. The van der Waals surface area contributed by atoms with E-state index in [1.165, 1.54) is 0 Å². The molecular formula is C21H29N5O2. The summed E-state index contributed by atoms with van der Waals surface area (Å²) >= 11 is 0. The Morgan fingerprint density at radius 1 is 1.25 bits per heavy atom. The molecule has 3 aliphatic rings. The van der Waals surface area contributed by atoms with Gasteiger partial charge < -0.3 is 14.4 Å². The summed E-state index contributed by atoms with van der Waals surface area (Å²) in [5, 5.41) is 4.34. The molecule has 28 heavy (non-hydrogen) atoms. The summed E-state index contributed by atoms with van der Waals surface area (Å²) in [5.74, 6) is 1.21. The number of aryl methyl sites for hydroxylation is 1. The number of imidazole rings is 1. The van der Waals surface area contributed by atoms with Crippen LogP contribution in [-0.2, 0) is 11.8 Å². The van der Waals surface area contributed by atoms with Crippen molar-refractivity contribution >= 4 is 17.5 Å². The Balaban J connectivity index is 1.45. The Hall–Kier alpha value is -2.31. The van der Waals surface area contributed by atoms with Gasteiger partial charge >= 0.3 is 0 Å². The SMILES string of the molecule is CCC[C@H]1[C@H]2C[C@H](CN(C(=O)c3cnn4ccn(C)c34)C2)[C@@H]2CCCC(=O)N21. The maximum absolute atomic E-state index is 13.4. The van der Waals surface area contributed by atoms with Gasteiger partial charge in [-0.05, 0) is 37.5 Å². The minimum absolute atomic E-state index is 0.0809. The van der Waals surface area contributed by atoms with Gasteiger partial charge in [-0.3, -0.25) is 9.59 Å². The highest BCUT2D eigenvalue weighted by Gasteiger charge is 2.49. The van der Waals surface area contributed by atoms with Crippen LogP contribution >= 0.6 is 0 Å². The second-order valence-corrected chi connectivity index (χ2v) is 8.82. The molecule has 0 saturated carbocycles. The average Bonchev–Trinajstić information content (AvgIpc) is 3.28. The van der Waals surface area contributed by atoms with E-state index in [0.29, 0.717) is 35.8 Å². The minimum atomic E-state index is 0.0809. The molecule has 4 atom stereocenters. The molecule has 3 saturated heterocycles. The summed E-state index contributed by atoms with van der Waals surface area (Å²) in [4.78, 5) is 30.4. The summed E-state index contributed by atoms with van der Waals surface area (Å²) in [7, 11) is 1.95. The third-order valence-electron chi connectivity index (χ3n) is 7.13. The quantitative estimate of drug-likeness (QED) is 0.817. The number of carbonyl (C=O) groups is 2. The molecule has 7 heteroatoms. The lowest BCUT2D eigenvalue weighted by Crippen LogP contribution is -2.65. The number of carbonyl (C=O) groups excluding carboxylic acids is 2. The van der Waals surface area contributed by atoms with Crippen molar-refractivity contribution in [3.05, 3.63) is 24.2 Å². The fraction of sp³-hybridized carbons (Fsp3) is 0.667. The van der Waals surface area contributed by atoms with Gasteiger partial charge in [-0.25, -0.2) is 4.52 Å². The first-order valence-electron chi connectivity index (χ1n) is 10.7. The van der Waals surface area contributed by atoms with E-state index in [1.807, 2.05) is 28.9 Å². The predicted octanol–water partition coefficient (Wildman–Crippen LogP) is 2.31. The lowest BCUT2D eigenvalue weighted by Gasteiger charge is -2.56. The third kappa shape index (κ3) is 2.58. The number of rotatable bonds is 3. The van der Waals surface area contributed by atoms with Crippen LogP contribution in [0.2, 0.25) is 0 Å². The van der Waals surface area contributed by atoms with Crippen molar-refractivity contribution in [3.63, 3.8) is 0 Å². The highest BCUT2D eigenvalue weighted by atomic mass is 16.2. The number of hydrogen-bond acceptors (Lipinski definition) is 3. The molecule has 0 aromatic carbocycles. The molecule has 5 heterocycles. The average molecular weight is 383 g/mol. The first-order valence-corrected chi connectivity index (χ1v) is 10.7. The highest BCUT2D eigenvalue weighted by molar-refractivity contribution is 6.00. The maximum atomic E-state index is 13.4. The standard InChI is InChI=1S/C21H29N5O2/c1-3-5-17-14-10-15(18-6-4-7-19(27)26(17)18)13-24(12-14)21(28)16-11-22-25-9-8-23(2)20(16)25/h8-9,11,14-15,17-18H,3-7,10,12-13H2,1-2H3/t14-,15+,17-,18-/m0/s1. The Kier molecular flexibility index (Phi) is 4.21. The van der Waals surface area contributed by atoms with Gasteiger partial charge in [0.25, 0.3) is 5.91 Å². The Morgan fingerprint density at radius 2 is 2.07 bits per heavy atom. The minimum Gasteiger partial charge on any atom is -0.338 e. The largest absolute Gasteiger partial charge is 0.338 e. The second kappa shape index (κ2) is 6.64. The van der Waals surface area contributed by atoms with E-state index in [9.17, 15) is 9.59 Å². The van der Waals surface area contributed by atoms with Crippen LogP contribution < -0.4 is 0 Å². The van der Waals surface area contributed by atoms with Gasteiger partial charge in [0.05, 0.1) is 6.20 Å². The van der Waals surface area contributed by atoms with Crippen molar-refractivity contribution in [2.45, 2.75) is 57.5 Å². The van der Waals surface area contributed by atoms with Crippen molar-refractivity contribution in [2.24, 2.45) is 18.9 Å². The van der Waals surface area contributed by atoms with Crippen LogP contribution in [0.25, 0.3) is 5.65 Å². The maximum Gasteiger partial charge on any atom is 0.259 e. The normalized spacial score (nSPS) is 30.0. The van der Waals surface area contributed by atoms with Gasteiger partial charge in [0, 0.05) is 51.0 Å². The van der Waals surface area contributed by atoms with Crippen LogP contribution in [0.15, 0.2) is 18.6 Å². The highest BCUT2D eigenvalue weighted by Crippen LogP contribution is 2.43. The zero-order valence-corrected chi connectivity index (χ0v) is 16.8. The summed E-state index contributed by atoms with van der Waals surface area (Å²) in [6.45, 7) is 3.70. The van der Waals surface area contributed by atoms with Crippen LogP contribution in [0.3, 0.4) is 0 Å². The zero-order valence-electron chi connectivity index (χ0n) is 16.8. The van der Waals surface area contributed by atoms with E-state index >= 15 is 0 Å². The molecule has 7 nitrogen and oxygen atoms in total. The lowest BCUT2D eigenvalue weighted by atomic mass is 9.71. The molecule has 150 valence electrons. The van der Waals surface area contributed by atoms with Crippen LogP contribution in [-0.4, -0.2) is 61.0 Å². The number of fused-ring (bicyclic) bond motifs is 5. The molecule has 3 fully saturated rings. The fourth-order valence-corrected chi connectivity index (χ4v) is 5.98. The first kappa shape index (κ1) is 17.8. The van der Waals surface area contributed by atoms with E-state index in [0.717, 1.165) is 50.8 Å². The van der Waals surface area contributed by atoms with Gasteiger partial charge in [0.2, 0.25) is 5.91 Å². The number of aromatic nitrogens is 3. The molecular weight excluding hydrogens is 354 g/mol. The zero-order chi connectivity index (χ0) is 19.4. The van der Waals surface area contributed by atoms with Crippen LogP contribution in [0, 0.1) is 11.8 Å². The number of nitrogens with zero attached hydrogens (tertiary/aromatic N) is 5. The van der Waals surface area contributed by atoms with Crippen LogP contribution in [0.4, 0.5) is 0 Å². The molecule has 0 aliphatic carbocycles. The second-order valence-electron chi connectivity index (χ2n) is 8.82. The van der Waals surface area contributed by atoms with Crippen molar-refractivity contribution in [3.8, 4) is 0 Å². The Bertz CT molecular complexity index is 915. The lowest BCUT2D eigenvalue weighted by molar-refractivity contribution is -0.152. The molecule has 2 bridgehead atoms. The monoisotopic (exact) mass is 383 g/mol. The topological polar surface area (TPSA) is 62.9 Å². The number of amides is 2. The summed E-state index contributed by atoms with van der Waals surface area (Å²) in [6.07, 6.45) is 11.5. The molecule has 0 radical (unpaired) electrons. The van der Waals surface area contributed by atoms with Crippen molar-refractivity contribution in [2.75, 3.05) is 13.1 Å². The van der Waals surface area contributed by atoms with Gasteiger partial charge in [0.15, 0.2) is 0 Å². The van der Waals surface area contributed by atoms with Crippen molar-refractivity contribution in [1.82, 2.24) is 24.0 Å². The summed E-state index contributed by atoms with van der Waals surface area (Å²) in [5.41, 5.74) is 1.52. The van der Waals surface area contributed by atoms with E-state index in [4.69, 9.17) is 0 Å². The summed E-state index contributed by atoms with van der Waals surface area (Å²) in [6, 6.07) is 0.601. The van der Waals surface area contributed by atoms with Gasteiger partial charge in [-0.15, -0.1) is 0 Å². The Morgan fingerprint density at radius 3 is 2.89 bits per heavy atom. The molecule has 2 amide bonds. The summed E-state index contributed by atoms with van der Waals surface area (Å²) < 4.78 is 3.71. The van der Waals surface area contributed by atoms with Crippen LogP contribution in [0.5, 0.6) is 0 Å². The smallest absolute Gasteiger partial charge is 0.259 e. The molecule has 5 rings (SSSR count). The first-order chi connectivity index (χ1) is 13.6. The fourth-order valence-electron chi connectivity index (χ4n) is 5.98. The molecule has 2 aromatic rings. The van der Waals surface area contributed by atoms with Gasteiger partial charge in [-0.2, -0.15) is 5.10 Å². The number of likely N-dealkylation sites (tertiary alicyclic amines) is 1. The van der Waals surface area contributed by atoms with Gasteiger partial charge in [-0.1, -0.05) is 13.3 Å². The van der Waals surface area contributed by atoms with E-state index in [2.05, 4.69) is 16.9 Å². The van der Waals surface area contributed by atoms with Crippen molar-refractivity contribution < 1.29 is 9.59 Å². The number of piperidine rings is 3. The molecule has 0 unspecified atom stereocenters. The Labute approximate surface area is 165 Å².